The lowest BCUT2D eigenvalue weighted by Gasteiger charge is -2.20. The van der Waals surface area contributed by atoms with Crippen molar-refractivity contribution < 1.29 is 9.52 Å². The fourth-order valence-corrected chi connectivity index (χ4v) is 4.22. The second kappa shape index (κ2) is 6.79. The second-order valence-corrected chi connectivity index (χ2v) is 7.55. The molecule has 0 bridgehead atoms. The molecule has 2 heterocycles. The smallest absolute Gasteiger partial charge is 0.139 e. The molecule has 0 aliphatic carbocycles. The maximum absolute atomic E-state index is 9.74. The molecule has 4 heteroatoms. The van der Waals surface area contributed by atoms with E-state index in [1.54, 1.807) is 0 Å². The van der Waals surface area contributed by atoms with Crippen molar-refractivity contribution in [3.63, 3.8) is 0 Å². The van der Waals surface area contributed by atoms with Crippen molar-refractivity contribution in [2.75, 3.05) is 40.3 Å². The van der Waals surface area contributed by atoms with Crippen LogP contribution in [0.15, 0.2) is 46.9 Å². The summed E-state index contributed by atoms with van der Waals surface area (Å²) in [6.45, 7) is 4.14. The fourth-order valence-electron chi connectivity index (χ4n) is 4.22. The Balaban J connectivity index is 1.61. The van der Waals surface area contributed by atoms with Crippen LogP contribution in [0.2, 0.25) is 0 Å². The molecular formula is C21H26N2O2. The molecular weight excluding hydrogens is 312 g/mol. The van der Waals surface area contributed by atoms with Gasteiger partial charge in [0, 0.05) is 49.1 Å². The van der Waals surface area contributed by atoms with Crippen molar-refractivity contribution in [1.82, 2.24) is 9.80 Å². The van der Waals surface area contributed by atoms with E-state index in [0.29, 0.717) is 11.8 Å². The fraction of sp³-hybridized carbons (Fsp3) is 0.429. The van der Waals surface area contributed by atoms with Crippen LogP contribution in [-0.4, -0.2) is 55.2 Å². The molecule has 1 N–H and O–H groups in total. The van der Waals surface area contributed by atoms with Crippen molar-refractivity contribution >= 4 is 21.9 Å². The van der Waals surface area contributed by atoms with Crippen molar-refractivity contribution in [2.45, 2.75) is 6.54 Å². The Morgan fingerprint density at radius 3 is 2.60 bits per heavy atom. The monoisotopic (exact) mass is 338 g/mol. The standard InChI is InChI=1S/C21H26N2O2/c1-22(2)10-16-12-23(13-17(16)14-24)11-15-6-5-8-19-18-7-3-4-9-20(18)25-21(15)19/h3-9,16-17,24H,10-14H2,1-2H3/t16-,17-/m1/s1. The highest BCUT2D eigenvalue weighted by Gasteiger charge is 2.32. The normalized spacial score (nSPS) is 21.8. The summed E-state index contributed by atoms with van der Waals surface area (Å²) in [5, 5.41) is 12.1. The highest BCUT2D eigenvalue weighted by molar-refractivity contribution is 6.05. The summed E-state index contributed by atoms with van der Waals surface area (Å²) in [4.78, 5) is 4.67. The molecule has 25 heavy (non-hydrogen) atoms. The van der Waals surface area contributed by atoms with E-state index in [1.165, 1.54) is 16.3 Å². The average Bonchev–Trinajstić information content (AvgIpc) is 3.16. The number of hydrogen-bond donors (Lipinski definition) is 1. The van der Waals surface area contributed by atoms with Crippen LogP contribution in [0, 0.1) is 11.8 Å². The van der Waals surface area contributed by atoms with Crippen LogP contribution in [0.3, 0.4) is 0 Å². The number of rotatable bonds is 5. The summed E-state index contributed by atoms with van der Waals surface area (Å²) in [7, 11) is 4.21. The molecule has 3 aromatic rings. The van der Waals surface area contributed by atoms with Crippen LogP contribution in [-0.2, 0) is 6.54 Å². The first-order chi connectivity index (χ1) is 12.2. The summed E-state index contributed by atoms with van der Waals surface area (Å²) < 4.78 is 6.15. The van der Waals surface area contributed by atoms with Crippen LogP contribution in [0.5, 0.6) is 0 Å². The van der Waals surface area contributed by atoms with Crippen LogP contribution >= 0.6 is 0 Å². The predicted molar refractivity (Wildman–Crippen MR) is 102 cm³/mol. The minimum atomic E-state index is 0.268. The van der Waals surface area contributed by atoms with Crippen molar-refractivity contribution in [2.24, 2.45) is 11.8 Å². The van der Waals surface area contributed by atoms with Gasteiger partial charge in [-0.3, -0.25) is 4.90 Å². The molecule has 132 valence electrons. The number of hydrogen-bond acceptors (Lipinski definition) is 4. The Bertz CT molecular complexity index is 871. The van der Waals surface area contributed by atoms with Gasteiger partial charge in [-0.15, -0.1) is 0 Å². The summed E-state index contributed by atoms with van der Waals surface area (Å²) in [5.74, 6) is 0.882. The SMILES string of the molecule is CN(C)C[C@@H]1CN(Cc2cccc3c2oc2ccccc23)C[C@@H]1CO. The third kappa shape index (κ3) is 3.17. The van der Waals surface area contributed by atoms with Gasteiger partial charge in [0.25, 0.3) is 0 Å². The van der Waals surface area contributed by atoms with E-state index in [0.717, 1.165) is 37.3 Å². The maximum Gasteiger partial charge on any atom is 0.139 e. The van der Waals surface area contributed by atoms with Crippen LogP contribution in [0.4, 0.5) is 0 Å². The third-order valence-electron chi connectivity index (χ3n) is 5.37. The molecule has 4 rings (SSSR count). The van der Waals surface area contributed by atoms with E-state index < -0.39 is 0 Å². The summed E-state index contributed by atoms with van der Waals surface area (Å²) >= 11 is 0. The van der Waals surface area contributed by atoms with Gasteiger partial charge in [-0.2, -0.15) is 0 Å². The van der Waals surface area contributed by atoms with E-state index in [1.807, 2.05) is 12.1 Å². The Morgan fingerprint density at radius 1 is 1.04 bits per heavy atom. The lowest BCUT2D eigenvalue weighted by atomic mass is 9.97. The van der Waals surface area contributed by atoms with E-state index in [-0.39, 0.29) is 6.61 Å². The Labute approximate surface area is 148 Å². The molecule has 1 aromatic heterocycles. The van der Waals surface area contributed by atoms with Crippen molar-refractivity contribution in [3.05, 3.63) is 48.0 Å². The van der Waals surface area contributed by atoms with Gasteiger partial charge in [0.2, 0.25) is 0 Å². The summed E-state index contributed by atoms with van der Waals surface area (Å²) in [6, 6.07) is 14.7. The van der Waals surface area contributed by atoms with Gasteiger partial charge >= 0.3 is 0 Å². The van der Waals surface area contributed by atoms with Gasteiger partial charge in [-0.1, -0.05) is 36.4 Å². The van der Waals surface area contributed by atoms with E-state index >= 15 is 0 Å². The number of aliphatic hydroxyl groups excluding tert-OH is 1. The quantitative estimate of drug-likeness (QED) is 0.776. The number of fused-ring (bicyclic) bond motifs is 3. The first-order valence-corrected chi connectivity index (χ1v) is 9.03. The van der Waals surface area contributed by atoms with Gasteiger partial charge in [-0.05, 0) is 32.0 Å². The molecule has 1 aliphatic heterocycles. The first kappa shape index (κ1) is 16.6. The molecule has 1 saturated heterocycles. The second-order valence-electron chi connectivity index (χ2n) is 7.55. The maximum atomic E-state index is 9.74. The summed E-state index contributed by atoms with van der Waals surface area (Å²) in [5.41, 5.74) is 3.18. The minimum Gasteiger partial charge on any atom is -0.456 e. The summed E-state index contributed by atoms with van der Waals surface area (Å²) in [6.07, 6.45) is 0. The number of para-hydroxylation sites is 2. The Hall–Kier alpha value is -1.88. The highest BCUT2D eigenvalue weighted by atomic mass is 16.3. The molecule has 1 fully saturated rings. The zero-order valence-corrected chi connectivity index (χ0v) is 15.0. The van der Waals surface area contributed by atoms with Gasteiger partial charge < -0.3 is 14.4 Å². The van der Waals surface area contributed by atoms with Crippen molar-refractivity contribution in [3.8, 4) is 0 Å². The number of benzene rings is 2. The third-order valence-corrected chi connectivity index (χ3v) is 5.37. The van der Waals surface area contributed by atoms with Gasteiger partial charge in [0.15, 0.2) is 0 Å². The molecule has 2 aromatic carbocycles. The molecule has 0 radical (unpaired) electrons. The number of nitrogens with zero attached hydrogens (tertiary/aromatic N) is 2. The van der Waals surface area contributed by atoms with E-state index in [4.69, 9.17) is 4.42 Å². The number of furan rings is 1. The Morgan fingerprint density at radius 2 is 1.80 bits per heavy atom. The molecule has 0 saturated carbocycles. The van der Waals surface area contributed by atoms with Crippen LogP contribution in [0.25, 0.3) is 21.9 Å². The molecule has 4 nitrogen and oxygen atoms in total. The van der Waals surface area contributed by atoms with Crippen LogP contribution < -0.4 is 0 Å². The molecule has 1 aliphatic rings. The number of likely N-dealkylation sites (tertiary alicyclic amines) is 1. The van der Waals surface area contributed by atoms with Crippen LogP contribution in [0.1, 0.15) is 5.56 Å². The number of aliphatic hydroxyl groups is 1. The first-order valence-electron chi connectivity index (χ1n) is 9.03. The van der Waals surface area contributed by atoms with Gasteiger partial charge in [-0.25, -0.2) is 0 Å². The predicted octanol–water partition coefficient (Wildman–Crippen LogP) is 3.19. The average molecular weight is 338 g/mol. The van der Waals surface area contributed by atoms with E-state index in [9.17, 15) is 5.11 Å². The zero-order chi connectivity index (χ0) is 17.4. The molecule has 2 atom stereocenters. The van der Waals surface area contributed by atoms with Crippen molar-refractivity contribution in [1.29, 1.82) is 0 Å². The largest absolute Gasteiger partial charge is 0.456 e. The molecule has 0 unspecified atom stereocenters. The molecule has 0 amide bonds. The lowest BCUT2D eigenvalue weighted by molar-refractivity contribution is 0.183. The minimum absolute atomic E-state index is 0.268. The van der Waals surface area contributed by atoms with E-state index in [2.05, 4.69) is 54.2 Å². The molecule has 0 spiro atoms. The lowest BCUT2D eigenvalue weighted by Crippen LogP contribution is -2.28. The topological polar surface area (TPSA) is 39.9 Å². The van der Waals surface area contributed by atoms with Gasteiger partial charge in [0.1, 0.15) is 11.2 Å². The Kier molecular flexibility index (Phi) is 4.50. The highest BCUT2D eigenvalue weighted by Crippen LogP contribution is 2.32. The zero-order valence-electron chi connectivity index (χ0n) is 15.0. The van der Waals surface area contributed by atoms with Gasteiger partial charge in [0.05, 0.1) is 0 Å².